The van der Waals surface area contributed by atoms with E-state index in [0.29, 0.717) is 6.42 Å². The van der Waals surface area contributed by atoms with Gasteiger partial charge in [0.05, 0.1) is 4.88 Å². The third-order valence-electron chi connectivity index (χ3n) is 4.42. The van der Waals surface area contributed by atoms with E-state index in [9.17, 15) is 9.18 Å². The smallest absolute Gasteiger partial charge is 0.264 e. The van der Waals surface area contributed by atoms with E-state index in [4.69, 9.17) is 0 Å². The number of hydrogen-bond acceptors (Lipinski definition) is 3. The van der Waals surface area contributed by atoms with Gasteiger partial charge in [0.15, 0.2) is 0 Å². The predicted molar refractivity (Wildman–Crippen MR) is 79.1 cm³/mol. The number of amides is 1. The molecular formula is C15H21FN2OS. The molecule has 5 heteroatoms. The highest BCUT2D eigenvalue weighted by Gasteiger charge is 2.34. The maximum atomic E-state index is 13.8. The molecule has 0 unspecified atom stereocenters. The zero-order valence-corrected chi connectivity index (χ0v) is 12.7. The van der Waals surface area contributed by atoms with Crippen molar-refractivity contribution in [1.82, 2.24) is 9.80 Å². The lowest BCUT2D eigenvalue weighted by molar-refractivity contribution is 0.0492. The monoisotopic (exact) mass is 296 g/mol. The quantitative estimate of drug-likeness (QED) is 0.838. The Morgan fingerprint density at radius 1 is 1.25 bits per heavy atom. The predicted octanol–water partition coefficient (Wildman–Crippen LogP) is 2.70. The van der Waals surface area contributed by atoms with Crippen LogP contribution in [0.25, 0.3) is 0 Å². The van der Waals surface area contributed by atoms with Gasteiger partial charge in [-0.25, -0.2) is 4.39 Å². The van der Waals surface area contributed by atoms with E-state index in [1.165, 1.54) is 4.88 Å². The molecule has 1 saturated carbocycles. The van der Waals surface area contributed by atoms with Gasteiger partial charge in [-0.3, -0.25) is 9.69 Å². The van der Waals surface area contributed by atoms with Crippen molar-refractivity contribution < 1.29 is 9.18 Å². The lowest BCUT2D eigenvalue weighted by Crippen LogP contribution is -2.53. The number of halogens is 1. The molecule has 2 fully saturated rings. The van der Waals surface area contributed by atoms with Crippen LogP contribution in [0.1, 0.15) is 33.8 Å². The molecule has 1 amide bonds. The van der Waals surface area contributed by atoms with Crippen molar-refractivity contribution in [2.75, 3.05) is 26.2 Å². The van der Waals surface area contributed by atoms with Crippen LogP contribution in [0.2, 0.25) is 0 Å². The van der Waals surface area contributed by atoms with E-state index in [-0.39, 0.29) is 11.9 Å². The highest BCUT2D eigenvalue weighted by Crippen LogP contribution is 2.28. The zero-order valence-electron chi connectivity index (χ0n) is 11.8. The molecule has 3 rings (SSSR count). The van der Waals surface area contributed by atoms with E-state index < -0.39 is 6.17 Å². The number of thiophene rings is 1. The lowest BCUT2D eigenvalue weighted by Gasteiger charge is -2.38. The van der Waals surface area contributed by atoms with E-state index in [2.05, 4.69) is 4.90 Å². The van der Waals surface area contributed by atoms with Gasteiger partial charge in [-0.15, -0.1) is 11.3 Å². The number of alkyl halides is 1. The van der Waals surface area contributed by atoms with Crippen molar-refractivity contribution in [2.24, 2.45) is 0 Å². The summed E-state index contributed by atoms with van der Waals surface area (Å²) in [5, 5.41) is 0. The summed E-state index contributed by atoms with van der Waals surface area (Å²) in [6.07, 6.45) is 2.01. The Bertz CT molecular complexity index is 482. The van der Waals surface area contributed by atoms with Gasteiger partial charge in [0.1, 0.15) is 6.17 Å². The summed E-state index contributed by atoms with van der Waals surface area (Å²) in [4.78, 5) is 18.5. The topological polar surface area (TPSA) is 23.6 Å². The number of nitrogens with zero attached hydrogens (tertiary/aromatic N) is 2. The minimum Gasteiger partial charge on any atom is -0.335 e. The second-order valence-corrected chi connectivity index (χ2v) is 7.04. The fourth-order valence-corrected chi connectivity index (χ4v) is 4.10. The highest BCUT2D eigenvalue weighted by atomic mass is 32.1. The normalized spacial score (nSPS) is 28.0. The van der Waals surface area contributed by atoms with Crippen LogP contribution in [0, 0.1) is 6.92 Å². The second kappa shape index (κ2) is 5.82. The standard InChI is InChI=1S/C15H21FN2OS/c1-11-5-6-14(20-11)15(19)18-9-7-17(8-10-18)13-4-2-3-12(13)16/h5-6,12-13H,2-4,7-10H2,1H3/t12-,13-/m1/s1. The molecular weight excluding hydrogens is 275 g/mol. The first-order valence-electron chi connectivity index (χ1n) is 7.39. The Labute approximate surface area is 123 Å². The minimum atomic E-state index is -0.669. The zero-order chi connectivity index (χ0) is 14.1. The van der Waals surface area contributed by atoms with Gasteiger partial charge in [-0.2, -0.15) is 0 Å². The summed E-state index contributed by atoms with van der Waals surface area (Å²) in [6, 6.07) is 3.99. The van der Waals surface area contributed by atoms with E-state index >= 15 is 0 Å². The average molecular weight is 296 g/mol. The fraction of sp³-hybridized carbons (Fsp3) is 0.667. The number of rotatable bonds is 2. The van der Waals surface area contributed by atoms with Gasteiger partial charge >= 0.3 is 0 Å². The number of aryl methyl sites for hydroxylation is 1. The van der Waals surface area contributed by atoms with Crippen LogP contribution in [0.15, 0.2) is 12.1 Å². The van der Waals surface area contributed by atoms with Gasteiger partial charge in [0.25, 0.3) is 5.91 Å². The first-order valence-corrected chi connectivity index (χ1v) is 8.20. The van der Waals surface area contributed by atoms with Crippen LogP contribution in [0.4, 0.5) is 4.39 Å². The van der Waals surface area contributed by atoms with E-state index in [1.807, 2.05) is 24.0 Å². The maximum absolute atomic E-state index is 13.8. The van der Waals surface area contributed by atoms with Crippen molar-refractivity contribution in [3.8, 4) is 0 Å². The molecule has 1 aliphatic heterocycles. The third kappa shape index (κ3) is 2.74. The highest BCUT2D eigenvalue weighted by molar-refractivity contribution is 7.13. The van der Waals surface area contributed by atoms with Crippen molar-refractivity contribution in [3.63, 3.8) is 0 Å². The molecule has 2 atom stereocenters. The summed E-state index contributed by atoms with van der Waals surface area (Å²) in [6.45, 7) is 5.07. The van der Waals surface area contributed by atoms with Gasteiger partial charge in [0, 0.05) is 37.1 Å². The van der Waals surface area contributed by atoms with Crippen LogP contribution >= 0.6 is 11.3 Å². The Morgan fingerprint density at radius 3 is 2.55 bits per heavy atom. The Hall–Kier alpha value is -0.940. The lowest BCUT2D eigenvalue weighted by atomic mass is 10.1. The van der Waals surface area contributed by atoms with Crippen LogP contribution in [-0.4, -0.2) is 54.1 Å². The average Bonchev–Trinajstić information content (AvgIpc) is 3.07. The largest absolute Gasteiger partial charge is 0.335 e. The fourth-order valence-electron chi connectivity index (χ4n) is 3.27. The van der Waals surface area contributed by atoms with Crippen LogP contribution < -0.4 is 0 Å². The summed E-state index contributed by atoms with van der Waals surface area (Å²) >= 11 is 1.55. The van der Waals surface area contributed by atoms with Gasteiger partial charge < -0.3 is 4.90 Å². The molecule has 3 nitrogen and oxygen atoms in total. The second-order valence-electron chi connectivity index (χ2n) is 5.75. The molecule has 0 N–H and O–H groups in total. The molecule has 20 heavy (non-hydrogen) atoms. The molecule has 0 radical (unpaired) electrons. The van der Waals surface area contributed by atoms with Crippen LogP contribution in [-0.2, 0) is 0 Å². The van der Waals surface area contributed by atoms with Crippen molar-refractivity contribution >= 4 is 17.2 Å². The van der Waals surface area contributed by atoms with Crippen LogP contribution in [0.5, 0.6) is 0 Å². The van der Waals surface area contributed by atoms with Gasteiger partial charge in [-0.1, -0.05) is 0 Å². The van der Waals surface area contributed by atoms with Gasteiger partial charge in [0.2, 0.25) is 0 Å². The Balaban J connectivity index is 1.57. The molecule has 1 aromatic heterocycles. The number of hydrogen-bond donors (Lipinski definition) is 0. The molecule has 1 aromatic rings. The van der Waals surface area contributed by atoms with Crippen molar-refractivity contribution in [1.29, 1.82) is 0 Å². The molecule has 0 bridgehead atoms. The maximum Gasteiger partial charge on any atom is 0.264 e. The van der Waals surface area contributed by atoms with Gasteiger partial charge in [-0.05, 0) is 38.3 Å². The molecule has 0 spiro atoms. The first kappa shape index (κ1) is 14.0. The van der Waals surface area contributed by atoms with E-state index in [1.54, 1.807) is 11.3 Å². The van der Waals surface area contributed by atoms with Crippen LogP contribution in [0.3, 0.4) is 0 Å². The van der Waals surface area contributed by atoms with Crippen molar-refractivity contribution in [2.45, 2.75) is 38.4 Å². The molecule has 0 aromatic carbocycles. The Kier molecular flexibility index (Phi) is 4.08. The molecule has 1 saturated heterocycles. The number of carbonyl (C=O) groups excluding carboxylic acids is 1. The summed E-state index contributed by atoms with van der Waals surface area (Å²) < 4.78 is 13.8. The number of piperazine rings is 1. The Morgan fingerprint density at radius 2 is 2.00 bits per heavy atom. The molecule has 110 valence electrons. The molecule has 2 aliphatic rings. The molecule has 1 aliphatic carbocycles. The van der Waals surface area contributed by atoms with Crippen molar-refractivity contribution in [3.05, 3.63) is 21.9 Å². The summed E-state index contributed by atoms with van der Waals surface area (Å²) in [5.41, 5.74) is 0. The minimum absolute atomic E-state index is 0.0937. The third-order valence-corrected chi connectivity index (χ3v) is 5.41. The molecule has 2 heterocycles. The number of carbonyl (C=O) groups is 1. The van der Waals surface area contributed by atoms with E-state index in [0.717, 1.165) is 43.9 Å². The first-order chi connectivity index (χ1) is 9.65. The summed E-state index contributed by atoms with van der Waals surface area (Å²) in [7, 11) is 0. The summed E-state index contributed by atoms with van der Waals surface area (Å²) in [5.74, 6) is 0.131. The SMILES string of the molecule is Cc1ccc(C(=O)N2CCN([C@@H]3CCC[C@H]3F)CC2)s1.